The summed E-state index contributed by atoms with van der Waals surface area (Å²) < 4.78 is 0. The Balaban J connectivity index is 1.90. The van der Waals surface area contributed by atoms with Gasteiger partial charge in [0.1, 0.15) is 6.04 Å². The van der Waals surface area contributed by atoms with Gasteiger partial charge in [0.05, 0.1) is 30.9 Å². The van der Waals surface area contributed by atoms with Crippen LogP contribution in [0, 0.1) is 10.1 Å². The molecule has 2 N–H and O–H groups in total. The van der Waals surface area contributed by atoms with E-state index in [-0.39, 0.29) is 16.7 Å². The van der Waals surface area contributed by atoms with Crippen molar-refractivity contribution < 1.29 is 9.82 Å². The molecule has 2 aromatic carbocycles. The standard InChI is InChI=1S/C19H20N4O2/c1-22(2)19(14-6-4-3-5-7-14)13-21-17-8-9-18(23(24)25)16-12-20-11-10-15(16)17/h3-12,19,21H,13H2,1-2H3/p+1/t19-/m0/s1. The van der Waals surface area contributed by atoms with Crippen LogP contribution in [0.25, 0.3) is 10.8 Å². The van der Waals surface area contributed by atoms with E-state index < -0.39 is 0 Å². The number of anilines is 1. The summed E-state index contributed by atoms with van der Waals surface area (Å²) in [5.74, 6) is 0. The lowest BCUT2D eigenvalue weighted by molar-refractivity contribution is -0.890. The smallest absolute Gasteiger partial charge is 0.278 e. The normalized spacial score (nSPS) is 12.3. The zero-order valence-corrected chi connectivity index (χ0v) is 14.3. The maximum atomic E-state index is 11.2. The zero-order valence-electron chi connectivity index (χ0n) is 14.3. The summed E-state index contributed by atoms with van der Waals surface area (Å²) in [6.45, 7) is 0.724. The number of fused-ring (bicyclic) bond motifs is 1. The molecule has 25 heavy (non-hydrogen) atoms. The van der Waals surface area contributed by atoms with Crippen LogP contribution in [0.3, 0.4) is 0 Å². The molecule has 1 heterocycles. The predicted molar refractivity (Wildman–Crippen MR) is 98.9 cm³/mol. The molecule has 0 aliphatic heterocycles. The lowest BCUT2D eigenvalue weighted by atomic mass is 10.1. The summed E-state index contributed by atoms with van der Waals surface area (Å²) >= 11 is 0. The van der Waals surface area contributed by atoms with Gasteiger partial charge < -0.3 is 10.2 Å². The number of non-ortho nitro benzene ring substituents is 1. The number of nitro groups is 1. The number of nitrogens with zero attached hydrogens (tertiary/aromatic N) is 2. The van der Waals surface area contributed by atoms with Crippen LogP contribution >= 0.6 is 0 Å². The van der Waals surface area contributed by atoms with E-state index in [1.54, 1.807) is 18.5 Å². The van der Waals surface area contributed by atoms with Crippen molar-refractivity contribution in [2.75, 3.05) is 26.0 Å². The minimum absolute atomic E-state index is 0.0755. The lowest BCUT2D eigenvalue weighted by Gasteiger charge is -2.23. The second kappa shape index (κ2) is 7.27. The van der Waals surface area contributed by atoms with Gasteiger partial charge in [0.25, 0.3) is 5.69 Å². The van der Waals surface area contributed by atoms with Crippen molar-refractivity contribution in [3.8, 4) is 0 Å². The van der Waals surface area contributed by atoms with Crippen molar-refractivity contribution in [3.63, 3.8) is 0 Å². The lowest BCUT2D eigenvalue weighted by Crippen LogP contribution is -3.06. The molecule has 0 radical (unpaired) electrons. The summed E-state index contributed by atoms with van der Waals surface area (Å²) in [4.78, 5) is 16.2. The average Bonchev–Trinajstić information content (AvgIpc) is 2.62. The molecule has 0 fully saturated rings. The van der Waals surface area contributed by atoms with Crippen molar-refractivity contribution in [2.24, 2.45) is 0 Å². The third-order valence-corrected chi connectivity index (χ3v) is 4.39. The Morgan fingerprint density at radius 1 is 1.12 bits per heavy atom. The molecule has 0 saturated carbocycles. The summed E-state index contributed by atoms with van der Waals surface area (Å²) in [5, 5.41) is 16.0. The molecule has 0 bridgehead atoms. The number of hydrogen-bond donors (Lipinski definition) is 2. The number of benzene rings is 2. The van der Waals surface area contributed by atoms with Gasteiger partial charge in [-0.05, 0) is 12.1 Å². The van der Waals surface area contributed by atoms with Crippen LogP contribution in [-0.4, -0.2) is 30.5 Å². The third-order valence-electron chi connectivity index (χ3n) is 4.39. The number of hydrogen-bond acceptors (Lipinski definition) is 4. The van der Waals surface area contributed by atoms with Gasteiger partial charge in [0.2, 0.25) is 0 Å². The molecular formula is C19H21N4O2+. The minimum atomic E-state index is -0.371. The first-order valence-electron chi connectivity index (χ1n) is 8.18. The first kappa shape index (κ1) is 16.9. The highest BCUT2D eigenvalue weighted by molar-refractivity contribution is 5.99. The van der Waals surface area contributed by atoms with Gasteiger partial charge in [-0.15, -0.1) is 0 Å². The van der Waals surface area contributed by atoms with E-state index in [4.69, 9.17) is 0 Å². The van der Waals surface area contributed by atoms with Crippen LogP contribution < -0.4 is 10.2 Å². The molecule has 3 rings (SSSR count). The molecule has 0 amide bonds. The van der Waals surface area contributed by atoms with E-state index >= 15 is 0 Å². The predicted octanol–water partition coefficient (Wildman–Crippen LogP) is 2.44. The molecule has 1 aromatic heterocycles. The SMILES string of the molecule is C[NH+](C)[C@@H](CNc1ccc([N+](=O)[O-])c2cnccc12)c1ccccc1. The summed E-state index contributed by atoms with van der Waals surface area (Å²) in [6.07, 6.45) is 3.20. The second-order valence-corrected chi connectivity index (χ2v) is 6.23. The number of aromatic nitrogens is 1. The van der Waals surface area contributed by atoms with Crippen LogP contribution in [0.4, 0.5) is 11.4 Å². The fourth-order valence-electron chi connectivity index (χ4n) is 3.04. The van der Waals surface area contributed by atoms with E-state index in [1.165, 1.54) is 16.5 Å². The van der Waals surface area contributed by atoms with Gasteiger partial charge in [-0.1, -0.05) is 30.3 Å². The topological polar surface area (TPSA) is 72.5 Å². The number of nitro benzene ring substituents is 1. The number of pyridine rings is 1. The van der Waals surface area contributed by atoms with Gasteiger partial charge in [0.15, 0.2) is 0 Å². The minimum Gasteiger partial charge on any atom is -0.378 e. The Hall–Kier alpha value is -2.99. The summed E-state index contributed by atoms with van der Waals surface area (Å²) in [7, 11) is 4.24. The molecule has 1 atom stereocenters. The number of nitrogens with one attached hydrogen (secondary N) is 2. The van der Waals surface area contributed by atoms with Gasteiger partial charge in [-0.3, -0.25) is 15.1 Å². The summed E-state index contributed by atoms with van der Waals surface area (Å²) in [5.41, 5.74) is 2.21. The van der Waals surface area contributed by atoms with E-state index in [1.807, 2.05) is 24.3 Å². The van der Waals surface area contributed by atoms with Crippen LogP contribution in [0.5, 0.6) is 0 Å². The van der Waals surface area contributed by atoms with Crippen molar-refractivity contribution in [2.45, 2.75) is 6.04 Å². The van der Waals surface area contributed by atoms with E-state index in [0.29, 0.717) is 5.39 Å². The second-order valence-electron chi connectivity index (χ2n) is 6.23. The Kier molecular flexibility index (Phi) is 4.90. The average molecular weight is 337 g/mol. The van der Waals surface area contributed by atoms with E-state index in [2.05, 4.69) is 36.5 Å². The fraction of sp³-hybridized carbons (Fsp3) is 0.211. The molecular weight excluding hydrogens is 316 g/mol. The van der Waals surface area contributed by atoms with Gasteiger partial charge in [-0.25, -0.2) is 0 Å². The zero-order chi connectivity index (χ0) is 17.8. The first-order valence-corrected chi connectivity index (χ1v) is 8.18. The van der Waals surface area contributed by atoms with Crippen LogP contribution in [-0.2, 0) is 0 Å². The van der Waals surface area contributed by atoms with Crippen LogP contribution in [0.2, 0.25) is 0 Å². The van der Waals surface area contributed by atoms with Crippen molar-refractivity contribution in [1.29, 1.82) is 0 Å². The Morgan fingerprint density at radius 3 is 2.56 bits per heavy atom. The largest absolute Gasteiger partial charge is 0.378 e. The molecule has 0 spiro atoms. The molecule has 6 nitrogen and oxygen atoms in total. The van der Waals surface area contributed by atoms with Gasteiger partial charge in [0, 0.05) is 35.1 Å². The van der Waals surface area contributed by atoms with Crippen molar-refractivity contribution in [1.82, 2.24) is 4.98 Å². The summed E-state index contributed by atoms with van der Waals surface area (Å²) in [6, 6.07) is 15.7. The highest BCUT2D eigenvalue weighted by atomic mass is 16.6. The third kappa shape index (κ3) is 3.59. The Bertz CT molecular complexity index is 881. The highest BCUT2D eigenvalue weighted by Crippen LogP contribution is 2.30. The van der Waals surface area contributed by atoms with Crippen LogP contribution in [0.1, 0.15) is 11.6 Å². The molecule has 0 aliphatic rings. The van der Waals surface area contributed by atoms with Gasteiger partial charge >= 0.3 is 0 Å². The van der Waals surface area contributed by atoms with E-state index in [9.17, 15) is 10.1 Å². The number of rotatable bonds is 6. The monoisotopic (exact) mass is 337 g/mol. The Labute approximate surface area is 146 Å². The Morgan fingerprint density at radius 2 is 1.88 bits per heavy atom. The molecule has 0 aliphatic carbocycles. The molecule has 3 aromatic rings. The fourth-order valence-corrected chi connectivity index (χ4v) is 3.04. The maximum absolute atomic E-state index is 11.2. The maximum Gasteiger partial charge on any atom is 0.278 e. The molecule has 6 heteroatoms. The first-order chi connectivity index (χ1) is 12.1. The van der Waals surface area contributed by atoms with Crippen molar-refractivity contribution >= 4 is 22.1 Å². The van der Waals surface area contributed by atoms with Gasteiger partial charge in [-0.2, -0.15) is 0 Å². The number of quaternary nitrogens is 1. The van der Waals surface area contributed by atoms with E-state index in [0.717, 1.165) is 17.6 Å². The molecule has 0 saturated heterocycles. The molecule has 0 unspecified atom stereocenters. The highest BCUT2D eigenvalue weighted by Gasteiger charge is 2.19. The van der Waals surface area contributed by atoms with Crippen LogP contribution in [0.15, 0.2) is 60.9 Å². The van der Waals surface area contributed by atoms with Crippen molar-refractivity contribution in [3.05, 3.63) is 76.6 Å². The molecule has 128 valence electrons. The quantitative estimate of drug-likeness (QED) is 0.535. The number of likely N-dealkylation sites (N-methyl/N-ethyl adjacent to an activating group) is 1.